The molecule has 0 spiro atoms. The third-order valence-corrected chi connectivity index (χ3v) is 6.87. The molecule has 6 nitrogen and oxygen atoms in total. The van der Waals surface area contributed by atoms with Crippen LogP contribution in [0.3, 0.4) is 0 Å². The topological polar surface area (TPSA) is 87.6 Å². The van der Waals surface area contributed by atoms with Crippen LogP contribution in [-0.2, 0) is 10.0 Å². The van der Waals surface area contributed by atoms with E-state index in [1.165, 1.54) is 23.5 Å². The molecule has 0 atom stereocenters. The van der Waals surface area contributed by atoms with Gasteiger partial charge < -0.3 is 5.32 Å². The molecule has 1 aliphatic rings. The number of sulfonamides is 1. The number of carbonyl (C=O) groups excluding carboxylic acids is 1. The third kappa shape index (κ3) is 4.93. The summed E-state index contributed by atoms with van der Waals surface area (Å²) in [7, 11) is -3.67. The predicted molar refractivity (Wildman–Crippen MR) is 108 cm³/mol. The first-order chi connectivity index (χ1) is 12.4. The number of carbonyl (C=O) groups is 1. The molecule has 0 saturated carbocycles. The molecule has 1 aromatic heterocycles. The molecule has 0 fully saturated rings. The van der Waals surface area contributed by atoms with Crippen molar-refractivity contribution in [2.45, 2.75) is 30.6 Å². The van der Waals surface area contributed by atoms with E-state index in [1.807, 2.05) is 0 Å². The van der Waals surface area contributed by atoms with Gasteiger partial charge in [-0.25, -0.2) is 8.42 Å². The number of anilines is 1. The van der Waals surface area contributed by atoms with Crippen molar-refractivity contribution in [2.24, 2.45) is 4.99 Å². The molecule has 0 bridgehead atoms. The van der Waals surface area contributed by atoms with Gasteiger partial charge in [0, 0.05) is 18.7 Å². The predicted octanol–water partition coefficient (Wildman–Crippen LogP) is 4.01. The van der Waals surface area contributed by atoms with E-state index >= 15 is 0 Å². The molecule has 3 rings (SSSR count). The van der Waals surface area contributed by atoms with Crippen LogP contribution in [0.5, 0.6) is 0 Å². The summed E-state index contributed by atoms with van der Waals surface area (Å²) in [5.41, 5.74) is 0.533. The van der Waals surface area contributed by atoms with E-state index in [-0.39, 0.29) is 10.8 Å². The molecule has 0 saturated heterocycles. The summed E-state index contributed by atoms with van der Waals surface area (Å²) in [4.78, 5) is 17.1. The Morgan fingerprint density at radius 1 is 1.08 bits per heavy atom. The van der Waals surface area contributed by atoms with Gasteiger partial charge in [-0.1, -0.05) is 6.42 Å². The van der Waals surface area contributed by atoms with Crippen LogP contribution in [0, 0.1) is 0 Å². The number of halogens is 1. The van der Waals surface area contributed by atoms with E-state index in [0.717, 1.165) is 23.0 Å². The number of benzene rings is 1. The van der Waals surface area contributed by atoms with E-state index in [4.69, 9.17) is 0 Å². The molecule has 0 unspecified atom stereocenters. The van der Waals surface area contributed by atoms with Crippen molar-refractivity contribution >= 4 is 54.7 Å². The second-order valence-electron chi connectivity index (χ2n) is 5.83. The van der Waals surface area contributed by atoms with Gasteiger partial charge in [0.15, 0.2) is 0 Å². The fourth-order valence-electron chi connectivity index (χ4n) is 2.52. The number of rotatable bonds is 4. The summed E-state index contributed by atoms with van der Waals surface area (Å²) >= 11 is 4.65. The van der Waals surface area contributed by atoms with Crippen molar-refractivity contribution in [1.82, 2.24) is 4.72 Å². The fraction of sp³-hybridized carbons (Fsp3) is 0.294. The van der Waals surface area contributed by atoms with E-state index in [2.05, 4.69) is 31.0 Å². The molecule has 26 heavy (non-hydrogen) atoms. The van der Waals surface area contributed by atoms with Crippen LogP contribution in [0.25, 0.3) is 0 Å². The Balaban J connectivity index is 1.68. The Labute approximate surface area is 164 Å². The number of nitrogens with zero attached hydrogens (tertiary/aromatic N) is 1. The minimum absolute atomic E-state index is 0.140. The van der Waals surface area contributed by atoms with Crippen LogP contribution in [0.1, 0.15) is 35.4 Å². The summed E-state index contributed by atoms with van der Waals surface area (Å²) in [6, 6.07) is 9.62. The summed E-state index contributed by atoms with van der Waals surface area (Å²) in [5, 5.41) is 2.75. The highest BCUT2D eigenvalue weighted by molar-refractivity contribution is 9.11. The number of aliphatic imine (C=N–C) groups is 1. The van der Waals surface area contributed by atoms with Gasteiger partial charge in [-0.15, -0.1) is 11.3 Å². The van der Waals surface area contributed by atoms with Gasteiger partial charge in [-0.05, 0) is 65.2 Å². The van der Waals surface area contributed by atoms with Gasteiger partial charge in [-0.3, -0.25) is 14.5 Å². The zero-order valence-electron chi connectivity index (χ0n) is 13.9. The molecule has 1 aliphatic heterocycles. The maximum Gasteiger partial charge on any atom is 0.265 e. The lowest BCUT2D eigenvalue weighted by molar-refractivity contribution is 0.103. The highest BCUT2D eigenvalue weighted by Crippen LogP contribution is 2.23. The minimum atomic E-state index is -3.67. The second kappa shape index (κ2) is 8.32. The number of amides is 1. The molecule has 9 heteroatoms. The molecule has 2 heterocycles. The SMILES string of the molecule is O=C(Nc1ccc(S(=O)(=O)NC2=NCCCCC2)cc1)c1ccc(Br)s1. The van der Waals surface area contributed by atoms with E-state index in [9.17, 15) is 13.2 Å². The van der Waals surface area contributed by atoms with Crippen molar-refractivity contribution in [3.05, 3.63) is 45.1 Å². The van der Waals surface area contributed by atoms with Crippen LogP contribution in [0.2, 0.25) is 0 Å². The van der Waals surface area contributed by atoms with Crippen molar-refractivity contribution in [1.29, 1.82) is 0 Å². The van der Waals surface area contributed by atoms with Gasteiger partial charge in [0.1, 0.15) is 5.84 Å². The quantitative estimate of drug-likeness (QED) is 0.729. The van der Waals surface area contributed by atoms with Crippen LogP contribution in [0.15, 0.2) is 50.1 Å². The normalized spacial score (nSPS) is 15.0. The van der Waals surface area contributed by atoms with Gasteiger partial charge in [0.2, 0.25) is 0 Å². The molecular formula is C17H18BrN3O3S2. The van der Waals surface area contributed by atoms with Crippen molar-refractivity contribution in [2.75, 3.05) is 11.9 Å². The number of amidine groups is 1. The van der Waals surface area contributed by atoms with Crippen LogP contribution in [0.4, 0.5) is 5.69 Å². The van der Waals surface area contributed by atoms with E-state index in [1.54, 1.807) is 24.3 Å². The zero-order valence-corrected chi connectivity index (χ0v) is 17.1. The lowest BCUT2D eigenvalue weighted by Crippen LogP contribution is -2.30. The zero-order chi connectivity index (χ0) is 18.6. The average Bonchev–Trinajstić information content (AvgIpc) is 2.88. The van der Waals surface area contributed by atoms with Gasteiger partial charge in [0.05, 0.1) is 13.6 Å². The Morgan fingerprint density at radius 3 is 2.54 bits per heavy atom. The Hall–Kier alpha value is -1.71. The van der Waals surface area contributed by atoms with Crippen molar-refractivity contribution in [3.63, 3.8) is 0 Å². The molecule has 1 amide bonds. The summed E-state index contributed by atoms with van der Waals surface area (Å²) < 4.78 is 28.4. The molecule has 0 radical (unpaired) electrons. The standard InChI is InChI=1S/C17H18BrN3O3S2/c18-15-10-9-14(25-15)17(22)20-12-5-7-13(8-6-12)26(23,24)21-16-4-2-1-3-11-19-16/h5-10H,1-4,11H2,(H,19,21)(H,20,22). The molecule has 138 valence electrons. The average molecular weight is 456 g/mol. The first-order valence-electron chi connectivity index (χ1n) is 8.17. The maximum absolute atomic E-state index is 12.5. The lowest BCUT2D eigenvalue weighted by Gasteiger charge is -2.10. The van der Waals surface area contributed by atoms with Crippen LogP contribution >= 0.6 is 27.3 Å². The molecule has 2 N–H and O–H groups in total. The summed E-state index contributed by atoms with van der Waals surface area (Å²) in [5.74, 6) is 0.283. The Kier molecular flexibility index (Phi) is 6.10. The Bertz CT molecular complexity index is 921. The monoisotopic (exact) mass is 455 g/mol. The van der Waals surface area contributed by atoms with Crippen molar-refractivity contribution in [3.8, 4) is 0 Å². The second-order valence-corrected chi connectivity index (χ2v) is 9.97. The molecule has 0 aliphatic carbocycles. The van der Waals surface area contributed by atoms with Crippen molar-refractivity contribution < 1.29 is 13.2 Å². The van der Waals surface area contributed by atoms with Gasteiger partial charge >= 0.3 is 0 Å². The largest absolute Gasteiger partial charge is 0.321 e. The van der Waals surface area contributed by atoms with E-state index < -0.39 is 10.0 Å². The number of hydrogen-bond acceptors (Lipinski definition) is 5. The minimum Gasteiger partial charge on any atom is -0.321 e. The lowest BCUT2D eigenvalue weighted by atomic mass is 10.2. The fourth-order valence-corrected chi connectivity index (χ4v) is 4.89. The summed E-state index contributed by atoms with van der Waals surface area (Å²) in [6.07, 6.45) is 3.62. The summed E-state index contributed by atoms with van der Waals surface area (Å²) in [6.45, 7) is 0.654. The van der Waals surface area contributed by atoms with Gasteiger partial charge in [0.25, 0.3) is 15.9 Å². The van der Waals surface area contributed by atoms with Crippen LogP contribution < -0.4 is 10.0 Å². The third-order valence-electron chi connectivity index (χ3n) is 3.85. The number of nitrogens with one attached hydrogen (secondary N) is 2. The number of hydrogen-bond donors (Lipinski definition) is 2. The Morgan fingerprint density at radius 2 is 1.85 bits per heavy atom. The molecular weight excluding hydrogens is 438 g/mol. The first kappa shape index (κ1) is 19.1. The van der Waals surface area contributed by atoms with Crippen LogP contribution in [-0.4, -0.2) is 26.7 Å². The smallest absolute Gasteiger partial charge is 0.265 e. The maximum atomic E-state index is 12.5. The number of thiophene rings is 1. The molecule has 1 aromatic carbocycles. The van der Waals surface area contributed by atoms with E-state index in [0.29, 0.717) is 29.4 Å². The first-order valence-corrected chi connectivity index (χ1v) is 11.3. The highest BCUT2D eigenvalue weighted by atomic mass is 79.9. The molecule has 2 aromatic rings. The van der Waals surface area contributed by atoms with Gasteiger partial charge in [-0.2, -0.15) is 0 Å². The highest BCUT2D eigenvalue weighted by Gasteiger charge is 2.17.